The molecule has 2 aromatic heterocycles. The molecule has 2 N–H and O–H groups in total. The van der Waals surface area contributed by atoms with Crippen LogP contribution in [-0.4, -0.2) is 44.6 Å². The van der Waals surface area contributed by atoms with Crippen molar-refractivity contribution in [3.63, 3.8) is 0 Å². The molecule has 2 bridgehead atoms. The second-order valence-corrected chi connectivity index (χ2v) is 10.4. The van der Waals surface area contributed by atoms with Crippen molar-refractivity contribution < 1.29 is 18.7 Å². The highest BCUT2D eigenvalue weighted by Crippen LogP contribution is 2.44. The van der Waals surface area contributed by atoms with Gasteiger partial charge in [0, 0.05) is 35.0 Å². The number of aryl methyl sites for hydroxylation is 1. The van der Waals surface area contributed by atoms with Crippen molar-refractivity contribution in [1.82, 2.24) is 20.1 Å². The molecule has 2 amide bonds. The first-order valence-electron chi connectivity index (χ1n) is 13.8. The molecule has 0 radical (unpaired) electrons. The number of hydrogen-bond donors (Lipinski definition) is 2. The van der Waals surface area contributed by atoms with E-state index in [4.69, 9.17) is 9.84 Å². The molecule has 9 nitrogen and oxygen atoms in total. The molecule has 41 heavy (non-hydrogen) atoms. The molecular formula is C31H27FN6O3. The second-order valence-electron chi connectivity index (χ2n) is 10.4. The van der Waals surface area contributed by atoms with Gasteiger partial charge in [0.25, 0.3) is 11.8 Å². The number of fused-ring (bicyclic) bond motifs is 5. The fraction of sp³-hybridized carbons (Fsp3) is 0.258. The molecule has 0 saturated heterocycles. The molecule has 10 heteroatoms. The smallest absolute Gasteiger partial charge is 0.269 e. The van der Waals surface area contributed by atoms with Crippen LogP contribution in [0.2, 0.25) is 0 Å². The third-order valence-electron chi connectivity index (χ3n) is 7.87. The normalized spacial score (nSPS) is 20.7. The summed E-state index contributed by atoms with van der Waals surface area (Å²) in [5.41, 5.74) is 3.75. The number of halogens is 1. The molecule has 206 valence electrons. The third kappa shape index (κ3) is 4.35. The summed E-state index contributed by atoms with van der Waals surface area (Å²) < 4.78 is 22.9. The third-order valence-corrected chi connectivity index (χ3v) is 7.87. The van der Waals surface area contributed by atoms with E-state index in [-0.39, 0.29) is 23.4 Å². The van der Waals surface area contributed by atoms with Crippen molar-refractivity contribution in [1.29, 1.82) is 0 Å². The highest BCUT2D eigenvalue weighted by atomic mass is 19.1. The lowest BCUT2D eigenvalue weighted by Gasteiger charge is -2.23. The van der Waals surface area contributed by atoms with Gasteiger partial charge in [-0.25, -0.2) is 14.1 Å². The molecule has 2 aromatic carbocycles. The van der Waals surface area contributed by atoms with E-state index in [0.717, 1.165) is 31.4 Å². The summed E-state index contributed by atoms with van der Waals surface area (Å²) in [5.74, 6) is -1.43. The number of aromatic nitrogens is 3. The van der Waals surface area contributed by atoms with E-state index in [9.17, 15) is 14.0 Å². The summed E-state index contributed by atoms with van der Waals surface area (Å²) in [5, 5.41) is 10.2. The van der Waals surface area contributed by atoms with Crippen LogP contribution >= 0.6 is 0 Å². The summed E-state index contributed by atoms with van der Waals surface area (Å²) in [4.78, 5) is 36.6. The average Bonchev–Trinajstić information content (AvgIpc) is 3.55. The maximum absolute atomic E-state index is 14.9. The molecule has 1 saturated carbocycles. The minimum absolute atomic E-state index is 0.00514. The average molecular weight is 551 g/mol. The Balaban J connectivity index is 1.31. The maximum atomic E-state index is 14.9. The zero-order valence-corrected chi connectivity index (χ0v) is 22.3. The minimum atomic E-state index is -1.34. The van der Waals surface area contributed by atoms with E-state index in [2.05, 4.69) is 20.6 Å². The molecule has 3 aliphatic rings. The standard InChI is InChI=1S/C31H27FN6O3/c1-2-19-12-11-18(16-33-19)26-24(31-38(37-26)20-13-14-21(15-20)41-31)29(39)36-28-30(40)35-27-22(9-6-10-23(27)32)25(34-28)17-7-4-3-5-8-17/h3-12,16,20-21,28H,2,13-15H2,1H3,(H,35,40)(H,36,39)/t20-,21+,28-/m1/s1. The molecule has 0 spiro atoms. The molecule has 1 aliphatic carbocycles. The van der Waals surface area contributed by atoms with Crippen molar-refractivity contribution in [2.45, 2.75) is 50.9 Å². The van der Waals surface area contributed by atoms with Crippen LogP contribution in [0, 0.1) is 5.82 Å². The van der Waals surface area contributed by atoms with Crippen LogP contribution in [-0.2, 0) is 11.2 Å². The number of benzodiazepines with no additional fused rings is 1. The van der Waals surface area contributed by atoms with Crippen LogP contribution < -0.4 is 15.4 Å². The number of carbonyl (C=O) groups is 2. The van der Waals surface area contributed by atoms with E-state index in [0.29, 0.717) is 34.0 Å². The SMILES string of the molecule is CCc1ccc(-c2nn3c(c2C(=O)N[C@H]2N=C(c4ccccc4)c4cccc(F)c4NC2=O)O[C@H]2CC[C@@H]3C2)cn1. The van der Waals surface area contributed by atoms with Gasteiger partial charge >= 0.3 is 0 Å². The number of para-hydroxylation sites is 1. The highest BCUT2D eigenvalue weighted by Gasteiger charge is 2.40. The molecule has 3 atom stereocenters. The fourth-order valence-electron chi connectivity index (χ4n) is 5.78. The van der Waals surface area contributed by atoms with Gasteiger partial charge in [0.15, 0.2) is 0 Å². The lowest BCUT2D eigenvalue weighted by atomic mass is 10.0. The van der Waals surface area contributed by atoms with Crippen LogP contribution in [0.5, 0.6) is 5.88 Å². The Morgan fingerprint density at radius 1 is 1.10 bits per heavy atom. The Morgan fingerprint density at radius 3 is 2.73 bits per heavy atom. The largest absolute Gasteiger partial charge is 0.474 e. The Labute approximate surface area is 235 Å². The predicted molar refractivity (Wildman–Crippen MR) is 151 cm³/mol. The van der Waals surface area contributed by atoms with Crippen molar-refractivity contribution in [3.8, 4) is 17.1 Å². The van der Waals surface area contributed by atoms with Crippen LogP contribution in [0.15, 0.2) is 71.9 Å². The van der Waals surface area contributed by atoms with Crippen LogP contribution in [0.3, 0.4) is 0 Å². The number of ether oxygens (including phenoxy) is 1. The quantitative estimate of drug-likeness (QED) is 0.375. The van der Waals surface area contributed by atoms with Gasteiger partial charge in [0.2, 0.25) is 12.0 Å². The minimum Gasteiger partial charge on any atom is -0.474 e. The fourth-order valence-corrected chi connectivity index (χ4v) is 5.78. The number of benzene rings is 2. The highest BCUT2D eigenvalue weighted by molar-refractivity contribution is 6.20. The molecule has 0 unspecified atom stereocenters. The van der Waals surface area contributed by atoms with Crippen LogP contribution in [0.25, 0.3) is 11.3 Å². The van der Waals surface area contributed by atoms with Gasteiger partial charge in [-0.05, 0) is 37.5 Å². The monoisotopic (exact) mass is 550 g/mol. The molecule has 1 fully saturated rings. The predicted octanol–water partition coefficient (Wildman–Crippen LogP) is 4.68. The zero-order valence-electron chi connectivity index (χ0n) is 22.3. The number of amides is 2. The van der Waals surface area contributed by atoms with Gasteiger partial charge in [-0.3, -0.25) is 14.6 Å². The first-order chi connectivity index (χ1) is 20.0. The Hall–Kier alpha value is -4.86. The van der Waals surface area contributed by atoms with E-state index in [1.807, 2.05) is 49.4 Å². The topological polar surface area (TPSA) is 110 Å². The Kier molecular flexibility index (Phi) is 6.10. The van der Waals surface area contributed by atoms with Crippen molar-refractivity contribution in [2.24, 2.45) is 4.99 Å². The first kappa shape index (κ1) is 25.1. The number of pyridine rings is 1. The number of anilines is 1. The second kappa shape index (κ2) is 9.96. The van der Waals surface area contributed by atoms with Gasteiger partial charge in [-0.15, -0.1) is 0 Å². The van der Waals surface area contributed by atoms with E-state index < -0.39 is 23.8 Å². The summed E-state index contributed by atoms with van der Waals surface area (Å²) >= 11 is 0. The van der Waals surface area contributed by atoms with Crippen LogP contribution in [0.4, 0.5) is 10.1 Å². The Bertz CT molecular complexity index is 1700. The van der Waals surface area contributed by atoms with Crippen molar-refractivity contribution >= 4 is 23.2 Å². The number of nitrogens with one attached hydrogen (secondary N) is 2. The van der Waals surface area contributed by atoms with Gasteiger partial charge in [-0.1, -0.05) is 49.4 Å². The molecule has 4 aromatic rings. The van der Waals surface area contributed by atoms with Crippen LogP contribution in [0.1, 0.15) is 59.4 Å². The summed E-state index contributed by atoms with van der Waals surface area (Å²) in [7, 11) is 0. The van der Waals surface area contributed by atoms with Gasteiger partial charge in [-0.2, -0.15) is 5.10 Å². The molecule has 4 heterocycles. The van der Waals surface area contributed by atoms with Crippen molar-refractivity contribution in [2.75, 3.05) is 5.32 Å². The lowest BCUT2D eigenvalue weighted by molar-refractivity contribution is -0.117. The number of hydrogen-bond acceptors (Lipinski definition) is 6. The summed E-state index contributed by atoms with van der Waals surface area (Å²) in [6.45, 7) is 2.02. The molecule has 2 aliphatic heterocycles. The number of aliphatic imine (C=N–C) groups is 1. The first-order valence-corrected chi connectivity index (χ1v) is 13.8. The van der Waals surface area contributed by atoms with Crippen molar-refractivity contribution in [3.05, 3.63) is 95.1 Å². The van der Waals surface area contributed by atoms with Gasteiger partial charge in [0.05, 0.1) is 17.4 Å². The Morgan fingerprint density at radius 2 is 1.95 bits per heavy atom. The zero-order chi connectivity index (χ0) is 28.1. The number of carbonyl (C=O) groups excluding carboxylic acids is 2. The van der Waals surface area contributed by atoms with Gasteiger partial charge in [0.1, 0.15) is 23.2 Å². The van der Waals surface area contributed by atoms with E-state index in [1.165, 1.54) is 6.07 Å². The van der Waals surface area contributed by atoms with E-state index >= 15 is 0 Å². The van der Waals surface area contributed by atoms with Gasteiger partial charge < -0.3 is 15.4 Å². The lowest BCUT2D eigenvalue weighted by Crippen LogP contribution is -2.42. The molecule has 7 rings (SSSR count). The molecular weight excluding hydrogens is 523 g/mol. The summed E-state index contributed by atoms with van der Waals surface area (Å²) in [6, 6.07) is 17.6. The maximum Gasteiger partial charge on any atom is 0.269 e. The number of rotatable bonds is 5. The number of nitrogens with zero attached hydrogens (tertiary/aromatic N) is 4. The van der Waals surface area contributed by atoms with E-state index in [1.54, 1.807) is 23.0 Å². The summed E-state index contributed by atoms with van der Waals surface area (Å²) in [6.07, 6.45) is 3.78.